The third-order valence-electron chi connectivity index (χ3n) is 5.10. The molecule has 0 aromatic heterocycles. The molecule has 0 N–H and O–H groups in total. The van der Waals surface area contributed by atoms with Crippen molar-refractivity contribution < 1.29 is 13.2 Å². The molecule has 0 atom stereocenters. The summed E-state index contributed by atoms with van der Waals surface area (Å²) in [5, 5.41) is 0. The van der Waals surface area contributed by atoms with Crippen molar-refractivity contribution in [3.63, 3.8) is 0 Å². The second-order valence-corrected chi connectivity index (χ2v) is 7.09. The van der Waals surface area contributed by atoms with E-state index in [1.807, 2.05) is 0 Å². The summed E-state index contributed by atoms with van der Waals surface area (Å²) in [6.45, 7) is 2.21. The molecular weight excluding hydrogens is 309 g/mol. The van der Waals surface area contributed by atoms with Gasteiger partial charge in [0.25, 0.3) is 0 Å². The van der Waals surface area contributed by atoms with Crippen LogP contribution in [0.25, 0.3) is 0 Å². The van der Waals surface area contributed by atoms with Crippen LogP contribution in [0.1, 0.15) is 75.3 Å². The van der Waals surface area contributed by atoms with E-state index in [1.54, 1.807) is 6.08 Å². The second-order valence-electron chi connectivity index (χ2n) is 7.09. The molecule has 0 spiro atoms. The molecule has 3 heteroatoms. The quantitative estimate of drug-likeness (QED) is 0.461. The Balaban J connectivity index is 1.74. The lowest BCUT2D eigenvalue weighted by Crippen LogP contribution is -2.13. The summed E-state index contributed by atoms with van der Waals surface area (Å²) in [4.78, 5) is 0. The Kier molecular flexibility index (Phi) is 7.39. The van der Waals surface area contributed by atoms with E-state index >= 15 is 0 Å². The van der Waals surface area contributed by atoms with Crippen LogP contribution < -0.4 is 0 Å². The maximum Gasteiger partial charge on any atom is 0.392 e. The first-order valence-electron chi connectivity index (χ1n) is 9.28. The summed E-state index contributed by atoms with van der Waals surface area (Å²) in [5.74, 6) is 1.18. The van der Waals surface area contributed by atoms with Crippen molar-refractivity contribution in [3.8, 4) is 0 Å². The summed E-state index contributed by atoms with van der Waals surface area (Å²) < 4.78 is 36.3. The number of allylic oxidation sites excluding steroid dienone is 2. The molecule has 0 unspecified atom stereocenters. The molecule has 0 radical (unpaired) electrons. The Morgan fingerprint density at radius 1 is 1.00 bits per heavy atom. The smallest absolute Gasteiger partial charge is 0.171 e. The molecule has 0 heterocycles. The van der Waals surface area contributed by atoms with E-state index in [1.165, 1.54) is 30.0 Å². The zero-order valence-corrected chi connectivity index (χ0v) is 14.6. The van der Waals surface area contributed by atoms with Crippen LogP contribution in [0, 0.1) is 5.92 Å². The Bertz CT molecular complexity index is 491. The zero-order chi connectivity index (χ0) is 17.4. The fourth-order valence-electron chi connectivity index (χ4n) is 3.57. The van der Waals surface area contributed by atoms with Gasteiger partial charge in [-0.2, -0.15) is 13.2 Å². The van der Waals surface area contributed by atoms with Crippen LogP contribution in [-0.4, -0.2) is 6.18 Å². The molecule has 1 aromatic rings. The molecule has 1 aromatic carbocycles. The largest absolute Gasteiger partial charge is 0.392 e. The molecule has 1 aliphatic carbocycles. The average Bonchev–Trinajstić information content (AvgIpc) is 2.57. The highest BCUT2D eigenvalue weighted by Crippen LogP contribution is 2.37. The maximum absolute atomic E-state index is 12.1. The highest BCUT2D eigenvalue weighted by molar-refractivity contribution is 5.26. The van der Waals surface area contributed by atoms with Crippen molar-refractivity contribution in [2.75, 3.05) is 0 Å². The molecule has 1 saturated carbocycles. The fraction of sp³-hybridized carbons (Fsp3) is 0.619. The van der Waals surface area contributed by atoms with E-state index in [-0.39, 0.29) is 0 Å². The molecule has 0 amide bonds. The van der Waals surface area contributed by atoms with Crippen molar-refractivity contribution in [1.29, 1.82) is 0 Å². The van der Waals surface area contributed by atoms with Gasteiger partial charge in [-0.15, -0.1) is 0 Å². The van der Waals surface area contributed by atoms with Crippen molar-refractivity contribution in [3.05, 3.63) is 47.5 Å². The van der Waals surface area contributed by atoms with Crippen molar-refractivity contribution in [2.45, 2.75) is 76.8 Å². The maximum atomic E-state index is 12.1. The van der Waals surface area contributed by atoms with Gasteiger partial charge in [-0.25, -0.2) is 0 Å². The second kappa shape index (κ2) is 9.29. The molecule has 134 valence electrons. The normalized spacial score (nSPS) is 22.2. The van der Waals surface area contributed by atoms with E-state index in [9.17, 15) is 13.2 Å². The summed E-state index contributed by atoms with van der Waals surface area (Å²) in [6.07, 6.45) is 7.11. The Hall–Kier alpha value is -1.25. The summed E-state index contributed by atoms with van der Waals surface area (Å²) >= 11 is 0. The highest BCUT2D eigenvalue weighted by Gasteiger charge is 2.25. The highest BCUT2D eigenvalue weighted by atomic mass is 19.4. The zero-order valence-electron chi connectivity index (χ0n) is 14.6. The number of halogens is 3. The van der Waals surface area contributed by atoms with Crippen molar-refractivity contribution >= 4 is 0 Å². The number of rotatable bonds is 7. The van der Waals surface area contributed by atoms with E-state index in [4.69, 9.17) is 0 Å². The van der Waals surface area contributed by atoms with E-state index < -0.39 is 12.6 Å². The lowest BCUT2D eigenvalue weighted by atomic mass is 9.77. The number of benzene rings is 1. The van der Waals surface area contributed by atoms with Gasteiger partial charge in [-0.05, 0) is 67.9 Å². The van der Waals surface area contributed by atoms with Gasteiger partial charge in [0, 0.05) is 0 Å². The standard InChI is InChI=1S/C21H29F3/c1-2-3-6-17-8-12-19(13-9-17)20-14-10-18(11-15-20)7-4-5-16-21(22,23)24/h4-5,8-9,12-13,18,20H,2-3,6-7,10-11,14-16H2,1H3/b5-4+/t18-,20-. The monoisotopic (exact) mass is 338 g/mol. The number of hydrogen-bond acceptors (Lipinski definition) is 0. The third kappa shape index (κ3) is 6.70. The van der Waals surface area contributed by atoms with E-state index in [0.717, 1.165) is 38.5 Å². The van der Waals surface area contributed by atoms with Gasteiger partial charge in [0.05, 0.1) is 6.42 Å². The first-order valence-corrected chi connectivity index (χ1v) is 9.28. The Morgan fingerprint density at radius 3 is 2.25 bits per heavy atom. The van der Waals surface area contributed by atoms with Gasteiger partial charge < -0.3 is 0 Å². The lowest BCUT2D eigenvalue weighted by molar-refractivity contribution is -0.125. The van der Waals surface area contributed by atoms with Crippen LogP contribution in [0.4, 0.5) is 13.2 Å². The van der Waals surface area contributed by atoms with Crippen LogP contribution in [0.3, 0.4) is 0 Å². The topological polar surface area (TPSA) is 0 Å². The Morgan fingerprint density at radius 2 is 1.67 bits per heavy atom. The predicted molar refractivity (Wildman–Crippen MR) is 94.2 cm³/mol. The third-order valence-corrected chi connectivity index (χ3v) is 5.10. The lowest BCUT2D eigenvalue weighted by Gasteiger charge is -2.28. The van der Waals surface area contributed by atoms with Crippen LogP contribution in [0.2, 0.25) is 0 Å². The number of hydrogen-bond donors (Lipinski definition) is 0. The minimum absolute atomic E-state index is 0.551. The number of aryl methyl sites for hydroxylation is 1. The van der Waals surface area contributed by atoms with Crippen LogP contribution in [0.5, 0.6) is 0 Å². The first-order chi connectivity index (χ1) is 11.5. The van der Waals surface area contributed by atoms with Crippen LogP contribution in [0.15, 0.2) is 36.4 Å². The first kappa shape index (κ1) is 19.1. The molecular formula is C21H29F3. The van der Waals surface area contributed by atoms with Gasteiger partial charge in [0.1, 0.15) is 0 Å². The predicted octanol–water partition coefficient (Wildman–Crippen LogP) is 7.20. The molecule has 0 aliphatic heterocycles. The molecule has 0 bridgehead atoms. The van der Waals surface area contributed by atoms with Crippen LogP contribution in [-0.2, 0) is 6.42 Å². The minimum Gasteiger partial charge on any atom is -0.171 e. The van der Waals surface area contributed by atoms with Crippen molar-refractivity contribution in [1.82, 2.24) is 0 Å². The van der Waals surface area contributed by atoms with Crippen LogP contribution >= 0.6 is 0 Å². The summed E-state index contributed by atoms with van der Waals surface area (Å²) in [7, 11) is 0. The van der Waals surface area contributed by atoms with Gasteiger partial charge in [-0.3, -0.25) is 0 Å². The van der Waals surface area contributed by atoms with E-state index in [0.29, 0.717) is 11.8 Å². The fourth-order valence-corrected chi connectivity index (χ4v) is 3.57. The van der Waals surface area contributed by atoms with Crippen molar-refractivity contribution in [2.24, 2.45) is 5.92 Å². The van der Waals surface area contributed by atoms with Gasteiger partial charge in [0.2, 0.25) is 0 Å². The molecule has 1 aliphatic rings. The summed E-state index contributed by atoms with van der Waals surface area (Å²) in [6, 6.07) is 9.08. The molecule has 24 heavy (non-hydrogen) atoms. The molecule has 0 saturated heterocycles. The van der Waals surface area contributed by atoms with Gasteiger partial charge in [0.15, 0.2) is 0 Å². The average molecular weight is 338 g/mol. The molecule has 1 fully saturated rings. The minimum atomic E-state index is -4.07. The van der Waals surface area contributed by atoms with Gasteiger partial charge >= 0.3 is 6.18 Å². The van der Waals surface area contributed by atoms with E-state index in [2.05, 4.69) is 31.2 Å². The molecule has 2 rings (SSSR count). The molecule has 0 nitrogen and oxygen atoms in total. The SMILES string of the molecule is CCCCc1ccc([C@H]2CC[C@H](C/C=C/CC(F)(F)F)CC2)cc1. The number of alkyl halides is 3. The number of unbranched alkanes of at least 4 members (excludes halogenated alkanes) is 1. The Labute approximate surface area is 144 Å². The van der Waals surface area contributed by atoms with Gasteiger partial charge in [-0.1, -0.05) is 49.8 Å². The summed E-state index contributed by atoms with van der Waals surface area (Å²) in [5.41, 5.74) is 2.85.